The van der Waals surface area contributed by atoms with Crippen molar-refractivity contribution < 1.29 is 19.2 Å². The standard InChI is InChI=1S/C25H43N5O4/c1-5-7-12-26-20(31)17-28-13-15-29(16-14-28)21(32)18-30-22(33)25(27-23(30)34)10-8-19(9-11-25)24(3,4)6-2/h19H,5-18H2,1-4H3,(H,26,31)(H,27,34). The first kappa shape index (κ1) is 26.4. The summed E-state index contributed by atoms with van der Waals surface area (Å²) in [6.07, 6.45) is 6.17. The summed E-state index contributed by atoms with van der Waals surface area (Å²) < 4.78 is 0. The molecular weight excluding hydrogens is 434 g/mol. The number of unbranched alkanes of at least 4 members (excludes halogenated alkanes) is 1. The fourth-order valence-corrected chi connectivity index (χ4v) is 5.39. The Labute approximate surface area is 204 Å². The van der Waals surface area contributed by atoms with Gasteiger partial charge in [0.25, 0.3) is 5.91 Å². The molecule has 192 valence electrons. The Hall–Kier alpha value is -2.16. The van der Waals surface area contributed by atoms with Gasteiger partial charge in [-0.3, -0.25) is 24.2 Å². The van der Waals surface area contributed by atoms with E-state index < -0.39 is 11.6 Å². The van der Waals surface area contributed by atoms with Gasteiger partial charge in [0.1, 0.15) is 12.1 Å². The van der Waals surface area contributed by atoms with E-state index >= 15 is 0 Å². The molecule has 9 nitrogen and oxygen atoms in total. The largest absolute Gasteiger partial charge is 0.355 e. The predicted octanol–water partition coefficient (Wildman–Crippen LogP) is 1.96. The molecule has 9 heteroatoms. The summed E-state index contributed by atoms with van der Waals surface area (Å²) in [7, 11) is 0. The molecule has 0 aromatic heterocycles. The maximum absolute atomic E-state index is 13.2. The number of piperazine rings is 1. The van der Waals surface area contributed by atoms with E-state index in [1.54, 1.807) is 4.90 Å². The molecule has 5 amide bonds. The number of hydrogen-bond donors (Lipinski definition) is 2. The molecular formula is C25H43N5O4. The van der Waals surface area contributed by atoms with Gasteiger partial charge in [0.05, 0.1) is 6.54 Å². The topological polar surface area (TPSA) is 102 Å². The van der Waals surface area contributed by atoms with Gasteiger partial charge in [-0.05, 0) is 43.4 Å². The molecule has 1 spiro atoms. The van der Waals surface area contributed by atoms with Crippen molar-refractivity contribution in [2.45, 2.75) is 78.2 Å². The monoisotopic (exact) mass is 477 g/mol. The van der Waals surface area contributed by atoms with Gasteiger partial charge in [-0.15, -0.1) is 0 Å². The minimum absolute atomic E-state index is 0.00917. The van der Waals surface area contributed by atoms with Crippen molar-refractivity contribution in [1.29, 1.82) is 0 Å². The minimum atomic E-state index is -0.846. The fourth-order valence-electron chi connectivity index (χ4n) is 5.39. The Balaban J connectivity index is 1.47. The van der Waals surface area contributed by atoms with E-state index in [2.05, 4.69) is 38.3 Å². The van der Waals surface area contributed by atoms with Crippen LogP contribution < -0.4 is 10.6 Å². The molecule has 34 heavy (non-hydrogen) atoms. The Kier molecular flexibility index (Phi) is 8.60. The zero-order chi connectivity index (χ0) is 24.9. The van der Waals surface area contributed by atoms with Crippen LogP contribution in [-0.2, 0) is 14.4 Å². The van der Waals surface area contributed by atoms with E-state index in [0.717, 1.165) is 37.0 Å². The molecule has 2 aliphatic heterocycles. The minimum Gasteiger partial charge on any atom is -0.355 e. The van der Waals surface area contributed by atoms with Crippen LogP contribution in [0.25, 0.3) is 0 Å². The van der Waals surface area contributed by atoms with Crippen LogP contribution in [0.1, 0.15) is 72.6 Å². The Bertz CT molecular complexity index is 767. The van der Waals surface area contributed by atoms with Gasteiger partial charge >= 0.3 is 6.03 Å². The maximum atomic E-state index is 13.2. The summed E-state index contributed by atoms with van der Waals surface area (Å²) in [6, 6.07) is -0.450. The predicted molar refractivity (Wildman–Crippen MR) is 130 cm³/mol. The van der Waals surface area contributed by atoms with Crippen molar-refractivity contribution in [3.8, 4) is 0 Å². The number of nitrogens with zero attached hydrogens (tertiary/aromatic N) is 3. The van der Waals surface area contributed by atoms with E-state index in [0.29, 0.717) is 58.0 Å². The van der Waals surface area contributed by atoms with Crippen LogP contribution in [0.5, 0.6) is 0 Å². The van der Waals surface area contributed by atoms with Crippen molar-refractivity contribution in [2.24, 2.45) is 11.3 Å². The Morgan fingerprint density at radius 1 is 1.06 bits per heavy atom. The number of carbonyl (C=O) groups is 4. The number of hydrogen-bond acceptors (Lipinski definition) is 5. The molecule has 0 radical (unpaired) electrons. The highest BCUT2D eigenvalue weighted by atomic mass is 16.2. The zero-order valence-electron chi connectivity index (χ0n) is 21.5. The fraction of sp³-hybridized carbons (Fsp3) is 0.840. The molecule has 0 aromatic rings. The summed E-state index contributed by atoms with van der Waals surface area (Å²) in [4.78, 5) is 55.7. The number of amides is 5. The third-order valence-electron chi connectivity index (χ3n) is 8.34. The van der Waals surface area contributed by atoms with Crippen LogP contribution in [0.4, 0.5) is 4.79 Å². The average molecular weight is 478 g/mol. The van der Waals surface area contributed by atoms with Crippen LogP contribution in [0.15, 0.2) is 0 Å². The molecule has 3 rings (SSSR count). The second-order valence-corrected chi connectivity index (χ2v) is 10.9. The van der Waals surface area contributed by atoms with E-state index in [1.165, 1.54) is 0 Å². The van der Waals surface area contributed by atoms with Gasteiger partial charge in [-0.25, -0.2) is 4.79 Å². The van der Waals surface area contributed by atoms with Crippen molar-refractivity contribution in [3.63, 3.8) is 0 Å². The van der Waals surface area contributed by atoms with Crippen LogP contribution in [0.3, 0.4) is 0 Å². The summed E-state index contributed by atoms with van der Waals surface area (Å²) >= 11 is 0. The first-order valence-electron chi connectivity index (χ1n) is 13.0. The van der Waals surface area contributed by atoms with Gasteiger partial charge in [-0.2, -0.15) is 0 Å². The maximum Gasteiger partial charge on any atom is 0.325 e. The zero-order valence-corrected chi connectivity index (χ0v) is 21.5. The molecule has 1 aliphatic carbocycles. The summed E-state index contributed by atoms with van der Waals surface area (Å²) in [5.41, 5.74) is -0.622. The van der Waals surface area contributed by atoms with Gasteiger partial charge < -0.3 is 15.5 Å². The highest BCUT2D eigenvalue weighted by Gasteiger charge is 2.54. The molecule has 2 saturated heterocycles. The lowest BCUT2D eigenvalue weighted by atomic mass is 9.65. The smallest absolute Gasteiger partial charge is 0.325 e. The van der Waals surface area contributed by atoms with Gasteiger partial charge in [0, 0.05) is 32.7 Å². The normalized spacial score (nSPS) is 26.2. The van der Waals surface area contributed by atoms with Crippen LogP contribution in [-0.4, -0.2) is 89.8 Å². The SMILES string of the molecule is CCCCNC(=O)CN1CCN(C(=O)CN2C(=O)NC3(CCC(C(C)(C)CC)CC3)C2=O)CC1. The first-order valence-corrected chi connectivity index (χ1v) is 13.0. The van der Waals surface area contributed by atoms with Crippen molar-refractivity contribution in [1.82, 2.24) is 25.3 Å². The summed E-state index contributed by atoms with van der Waals surface area (Å²) in [5.74, 6) is 0.0813. The van der Waals surface area contributed by atoms with Crippen molar-refractivity contribution in [3.05, 3.63) is 0 Å². The highest BCUT2D eigenvalue weighted by molar-refractivity contribution is 6.09. The average Bonchev–Trinajstić information content (AvgIpc) is 3.03. The number of carbonyl (C=O) groups excluding carboxylic acids is 4. The lowest BCUT2D eigenvalue weighted by molar-refractivity contribution is -0.141. The lowest BCUT2D eigenvalue weighted by Crippen LogP contribution is -2.54. The third-order valence-corrected chi connectivity index (χ3v) is 8.34. The third kappa shape index (κ3) is 5.90. The molecule has 0 bridgehead atoms. The van der Waals surface area contributed by atoms with Crippen molar-refractivity contribution >= 4 is 23.8 Å². The van der Waals surface area contributed by atoms with Crippen molar-refractivity contribution in [2.75, 3.05) is 45.8 Å². The van der Waals surface area contributed by atoms with Crippen LogP contribution >= 0.6 is 0 Å². The van der Waals surface area contributed by atoms with Gasteiger partial charge in [0.2, 0.25) is 11.8 Å². The number of imide groups is 1. The molecule has 2 heterocycles. The van der Waals surface area contributed by atoms with Crippen LogP contribution in [0.2, 0.25) is 0 Å². The van der Waals surface area contributed by atoms with Crippen LogP contribution in [0, 0.1) is 11.3 Å². The summed E-state index contributed by atoms with van der Waals surface area (Å²) in [6.45, 7) is 11.8. The second-order valence-electron chi connectivity index (χ2n) is 10.9. The number of nitrogens with one attached hydrogen (secondary N) is 2. The Morgan fingerprint density at radius 2 is 1.71 bits per heavy atom. The molecule has 1 saturated carbocycles. The van der Waals surface area contributed by atoms with Gasteiger partial charge in [0.15, 0.2) is 0 Å². The van der Waals surface area contributed by atoms with E-state index in [1.807, 2.05) is 4.90 Å². The lowest BCUT2D eigenvalue weighted by Gasteiger charge is -2.42. The molecule has 0 atom stereocenters. The molecule has 2 N–H and O–H groups in total. The first-order chi connectivity index (χ1) is 16.1. The van der Waals surface area contributed by atoms with E-state index in [4.69, 9.17) is 0 Å². The molecule has 0 aromatic carbocycles. The number of rotatable bonds is 9. The molecule has 3 fully saturated rings. The van der Waals surface area contributed by atoms with E-state index in [-0.39, 0.29) is 29.7 Å². The van der Waals surface area contributed by atoms with E-state index in [9.17, 15) is 19.2 Å². The molecule has 0 unspecified atom stereocenters. The summed E-state index contributed by atoms with van der Waals surface area (Å²) in [5, 5.41) is 5.85. The number of urea groups is 1. The highest BCUT2D eigenvalue weighted by Crippen LogP contribution is 2.45. The van der Waals surface area contributed by atoms with Gasteiger partial charge in [-0.1, -0.05) is 40.5 Å². The quantitative estimate of drug-likeness (QED) is 0.390. The Morgan fingerprint density at radius 3 is 2.29 bits per heavy atom. The molecule has 3 aliphatic rings. The second kappa shape index (κ2) is 11.1.